The Morgan fingerprint density at radius 3 is 2.81 bits per heavy atom. The van der Waals surface area contributed by atoms with E-state index < -0.39 is 6.10 Å². The summed E-state index contributed by atoms with van der Waals surface area (Å²) in [6.07, 6.45) is 4.88. The molecule has 0 heterocycles. The van der Waals surface area contributed by atoms with Gasteiger partial charge in [-0.3, -0.25) is 4.79 Å². The highest BCUT2D eigenvalue weighted by Crippen LogP contribution is 2.25. The molecule has 1 aromatic carbocycles. The Labute approximate surface area is 131 Å². The maximum Gasteiger partial charge on any atom is 0.260 e. The van der Waals surface area contributed by atoms with Crippen LogP contribution >= 0.6 is 11.6 Å². The van der Waals surface area contributed by atoms with Crippen LogP contribution in [-0.4, -0.2) is 24.1 Å². The quantitative estimate of drug-likeness (QED) is 0.879. The molecular formula is C16H23ClN2O2. The third-order valence-electron chi connectivity index (χ3n) is 3.94. The van der Waals surface area contributed by atoms with E-state index in [4.69, 9.17) is 22.1 Å². The monoisotopic (exact) mass is 310 g/mol. The molecule has 5 heteroatoms. The number of carbonyl (C=O) groups is 1. The van der Waals surface area contributed by atoms with Crippen molar-refractivity contribution in [3.63, 3.8) is 0 Å². The Hall–Kier alpha value is -1.26. The second-order valence-electron chi connectivity index (χ2n) is 5.86. The lowest BCUT2D eigenvalue weighted by Gasteiger charge is -2.33. The smallest absolute Gasteiger partial charge is 0.260 e. The molecule has 0 radical (unpaired) electrons. The second kappa shape index (κ2) is 7.14. The van der Waals surface area contributed by atoms with Crippen LogP contribution in [0.5, 0.6) is 5.75 Å². The van der Waals surface area contributed by atoms with Crippen molar-refractivity contribution >= 4 is 17.5 Å². The Morgan fingerprint density at radius 2 is 2.14 bits per heavy atom. The lowest BCUT2D eigenvalue weighted by molar-refractivity contribution is -0.127. The maximum absolute atomic E-state index is 12.1. The van der Waals surface area contributed by atoms with E-state index in [0.29, 0.717) is 17.3 Å². The molecule has 1 saturated carbocycles. The highest BCUT2D eigenvalue weighted by Gasteiger charge is 2.28. The Bertz CT molecular complexity index is 487. The largest absolute Gasteiger partial charge is 0.481 e. The third kappa shape index (κ3) is 4.90. The SMILES string of the molecule is CC(Oc1cccc(Cl)c1)C(=O)NCC1(N)CCCCC1. The molecule has 1 unspecified atom stereocenters. The van der Waals surface area contributed by atoms with Gasteiger partial charge in [0.25, 0.3) is 5.91 Å². The molecule has 4 nitrogen and oxygen atoms in total. The van der Waals surface area contributed by atoms with Crippen molar-refractivity contribution in [2.45, 2.75) is 50.7 Å². The van der Waals surface area contributed by atoms with Gasteiger partial charge in [0.2, 0.25) is 0 Å². The highest BCUT2D eigenvalue weighted by molar-refractivity contribution is 6.30. The first-order chi connectivity index (χ1) is 9.98. The van der Waals surface area contributed by atoms with Crippen LogP contribution in [0.15, 0.2) is 24.3 Å². The first-order valence-corrected chi connectivity index (χ1v) is 7.85. The Kier molecular flexibility index (Phi) is 5.48. The summed E-state index contributed by atoms with van der Waals surface area (Å²) >= 11 is 5.89. The summed E-state index contributed by atoms with van der Waals surface area (Å²) in [6.45, 7) is 2.23. The molecule has 116 valence electrons. The summed E-state index contributed by atoms with van der Waals surface area (Å²) in [6, 6.07) is 7.03. The standard InChI is InChI=1S/C16H23ClN2O2/c1-12(21-14-7-5-6-13(17)10-14)15(20)19-11-16(18)8-3-2-4-9-16/h5-7,10,12H,2-4,8-9,11,18H2,1H3,(H,19,20). The summed E-state index contributed by atoms with van der Waals surface area (Å²) < 4.78 is 5.59. The van der Waals surface area contributed by atoms with Gasteiger partial charge >= 0.3 is 0 Å². The van der Waals surface area contributed by atoms with Gasteiger partial charge in [0, 0.05) is 17.1 Å². The lowest BCUT2D eigenvalue weighted by Crippen LogP contribution is -2.53. The lowest BCUT2D eigenvalue weighted by atomic mass is 9.82. The minimum absolute atomic E-state index is 0.148. The summed E-state index contributed by atoms with van der Waals surface area (Å²) in [5, 5.41) is 3.49. The zero-order chi connectivity index (χ0) is 15.3. The number of ether oxygens (including phenoxy) is 1. The molecule has 1 amide bonds. The fraction of sp³-hybridized carbons (Fsp3) is 0.562. The van der Waals surface area contributed by atoms with Crippen molar-refractivity contribution in [2.24, 2.45) is 5.73 Å². The maximum atomic E-state index is 12.1. The summed E-state index contributed by atoms with van der Waals surface area (Å²) in [5.41, 5.74) is 6.05. The van der Waals surface area contributed by atoms with Gasteiger partial charge in [-0.25, -0.2) is 0 Å². The topological polar surface area (TPSA) is 64.3 Å². The fourth-order valence-corrected chi connectivity index (χ4v) is 2.82. The van der Waals surface area contributed by atoms with Crippen molar-refractivity contribution in [3.05, 3.63) is 29.3 Å². The summed E-state index contributed by atoms with van der Waals surface area (Å²) in [5.74, 6) is 0.440. The third-order valence-corrected chi connectivity index (χ3v) is 4.18. The highest BCUT2D eigenvalue weighted by atomic mass is 35.5. The van der Waals surface area contributed by atoms with Crippen molar-refractivity contribution in [3.8, 4) is 5.75 Å². The van der Waals surface area contributed by atoms with E-state index in [1.807, 2.05) is 0 Å². The molecule has 1 atom stereocenters. The molecule has 0 aliphatic heterocycles. The zero-order valence-corrected chi connectivity index (χ0v) is 13.2. The van der Waals surface area contributed by atoms with E-state index in [1.54, 1.807) is 31.2 Å². The van der Waals surface area contributed by atoms with Gasteiger partial charge in [0.15, 0.2) is 6.10 Å². The van der Waals surface area contributed by atoms with E-state index >= 15 is 0 Å². The second-order valence-corrected chi connectivity index (χ2v) is 6.29. The molecule has 1 fully saturated rings. The zero-order valence-electron chi connectivity index (χ0n) is 12.4. The van der Waals surface area contributed by atoms with Crippen molar-refractivity contribution < 1.29 is 9.53 Å². The predicted octanol–water partition coefficient (Wildman–Crippen LogP) is 2.89. The van der Waals surface area contributed by atoms with Crippen LogP contribution in [0, 0.1) is 0 Å². The minimum Gasteiger partial charge on any atom is -0.481 e. The number of halogens is 1. The molecule has 0 aromatic heterocycles. The average molecular weight is 311 g/mol. The average Bonchev–Trinajstić information content (AvgIpc) is 2.45. The van der Waals surface area contributed by atoms with Crippen LogP contribution in [0.3, 0.4) is 0 Å². The van der Waals surface area contributed by atoms with Crippen molar-refractivity contribution in [1.29, 1.82) is 0 Å². The van der Waals surface area contributed by atoms with Crippen molar-refractivity contribution in [1.82, 2.24) is 5.32 Å². The van der Waals surface area contributed by atoms with Crippen LogP contribution in [-0.2, 0) is 4.79 Å². The molecule has 0 bridgehead atoms. The van der Waals surface area contributed by atoms with Crippen LogP contribution in [0.1, 0.15) is 39.0 Å². The first-order valence-electron chi connectivity index (χ1n) is 7.47. The van der Waals surface area contributed by atoms with Gasteiger partial charge in [0.05, 0.1) is 0 Å². The van der Waals surface area contributed by atoms with E-state index in [-0.39, 0.29) is 11.4 Å². The van der Waals surface area contributed by atoms with E-state index in [2.05, 4.69) is 5.32 Å². The van der Waals surface area contributed by atoms with E-state index in [1.165, 1.54) is 6.42 Å². The van der Waals surface area contributed by atoms with Gasteiger partial charge in [0.1, 0.15) is 5.75 Å². The molecule has 3 N–H and O–H groups in total. The number of hydrogen-bond acceptors (Lipinski definition) is 3. The van der Waals surface area contributed by atoms with Crippen LogP contribution in [0.25, 0.3) is 0 Å². The van der Waals surface area contributed by atoms with E-state index in [0.717, 1.165) is 25.7 Å². The molecule has 0 saturated heterocycles. The Balaban J connectivity index is 1.82. The number of amides is 1. The molecular weight excluding hydrogens is 288 g/mol. The van der Waals surface area contributed by atoms with Gasteiger partial charge < -0.3 is 15.8 Å². The van der Waals surface area contributed by atoms with Gasteiger partial charge in [-0.05, 0) is 38.0 Å². The number of nitrogens with two attached hydrogens (primary N) is 1. The normalized spacial score (nSPS) is 18.8. The molecule has 1 aliphatic rings. The molecule has 1 aromatic rings. The van der Waals surface area contributed by atoms with Crippen LogP contribution < -0.4 is 15.8 Å². The van der Waals surface area contributed by atoms with Gasteiger partial charge in [-0.2, -0.15) is 0 Å². The fourth-order valence-electron chi connectivity index (χ4n) is 2.64. The first kappa shape index (κ1) is 16.1. The van der Waals surface area contributed by atoms with Crippen molar-refractivity contribution in [2.75, 3.05) is 6.54 Å². The minimum atomic E-state index is -0.573. The summed E-state index contributed by atoms with van der Waals surface area (Å²) in [7, 11) is 0. The van der Waals surface area contributed by atoms with Crippen LogP contribution in [0.2, 0.25) is 5.02 Å². The molecule has 1 aliphatic carbocycles. The number of benzene rings is 1. The predicted molar refractivity (Wildman–Crippen MR) is 84.6 cm³/mol. The Morgan fingerprint density at radius 1 is 1.43 bits per heavy atom. The molecule has 2 rings (SSSR count). The molecule has 21 heavy (non-hydrogen) atoms. The number of rotatable bonds is 5. The number of nitrogens with one attached hydrogen (secondary N) is 1. The number of hydrogen-bond donors (Lipinski definition) is 2. The summed E-state index contributed by atoms with van der Waals surface area (Å²) in [4.78, 5) is 12.1. The van der Waals surface area contributed by atoms with Gasteiger partial charge in [-0.15, -0.1) is 0 Å². The molecule has 0 spiro atoms. The number of carbonyl (C=O) groups excluding carboxylic acids is 1. The van der Waals surface area contributed by atoms with E-state index in [9.17, 15) is 4.79 Å². The van der Waals surface area contributed by atoms with Crippen LogP contribution in [0.4, 0.5) is 0 Å². The van der Waals surface area contributed by atoms with Gasteiger partial charge in [-0.1, -0.05) is 36.9 Å².